The van der Waals surface area contributed by atoms with E-state index in [1.54, 1.807) is 25.3 Å². The van der Waals surface area contributed by atoms with Crippen LogP contribution in [-0.4, -0.2) is 38.4 Å². The maximum atomic E-state index is 11.8. The number of methoxy groups -OCH3 is 1. The van der Waals surface area contributed by atoms with Crippen molar-refractivity contribution in [3.05, 3.63) is 23.8 Å². The van der Waals surface area contributed by atoms with Crippen LogP contribution in [0.25, 0.3) is 0 Å². The molecule has 0 aliphatic carbocycles. The Hall–Kier alpha value is -1.40. The Morgan fingerprint density at radius 2 is 2.11 bits per heavy atom. The van der Waals surface area contributed by atoms with Crippen molar-refractivity contribution in [1.82, 2.24) is 5.32 Å². The predicted molar refractivity (Wildman–Crippen MR) is 67.9 cm³/mol. The quantitative estimate of drug-likeness (QED) is 0.715. The Morgan fingerprint density at radius 3 is 2.74 bits per heavy atom. The normalized spacial score (nSPS) is 12.7. The van der Waals surface area contributed by atoms with E-state index in [0.29, 0.717) is 17.9 Å². The molecule has 0 aliphatic heterocycles. The van der Waals surface area contributed by atoms with Crippen molar-refractivity contribution in [2.24, 2.45) is 0 Å². The van der Waals surface area contributed by atoms with Crippen LogP contribution < -0.4 is 10.1 Å². The smallest absolute Gasteiger partial charge is 0.261 e. The highest BCUT2D eigenvalue weighted by Gasteiger charge is 2.11. The monoisotopic (exact) mass is 275 g/mol. The molecule has 0 spiro atoms. The highest BCUT2D eigenvalue weighted by atomic mass is 19.3. The molecule has 0 heterocycles. The second kappa shape index (κ2) is 7.91. The van der Waals surface area contributed by atoms with Crippen LogP contribution in [-0.2, 0) is 4.74 Å². The van der Waals surface area contributed by atoms with E-state index in [1.807, 2.05) is 6.92 Å². The summed E-state index contributed by atoms with van der Waals surface area (Å²) >= 11 is 0. The molecular formula is C13H19F2NO3. The Balaban J connectivity index is 2.42. The number of alkyl halides is 2. The van der Waals surface area contributed by atoms with Gasteiger partial charge in [0.05, 0.1) is 13.7 Å². The fraction of sp³-hybridized carbons (Fsp3) is 0.538. The van der Waals surface area contributed by atoms with Crippen LogP contribution in [0.15, 0.2) is 18.2 Å². The lowest BCUT2D eigenvalue weighted by Gasteiger charge is -2.16. The molecule has 1 atom stereocenters. The molecule has 1 rings (SSSR count). The van der Waals surface area contributed by atoms with Crippen molar-refractivity contribution >= 4 is 0 Å². The second-order valence-electron chi connectivity index (χ2n) is 4.07. The van der Waals surface area contributed by atoms with Gasteiger partial charge in [0.1, 0.15) is 18.1 Å². The molecule has 0 aliphatic rings. The third kappa shape index (κ3) is 5.40. The van der Waals surface area contributed by atoms with Gasteiger partial charge in [-0.1, -0.05) is 0 Å². The van der Waals surface area contributed by atoms with Gasteiger partial charge in [0.25, 0.3) is 6.43 Å². The van der Waals surface area contributed by atoms with Crippen molar-refractivity contribution < 1.29 is 23.4 Å². The molecule has 0 aromatic heterocycles. The van der Waals surface area contributed by atoms with Crippen LogP contribution in [0.2, 0.25) is 0 Å². The maximum absolute atomic E-state index is 11.8. The lowest BCUT2D eigenvalue weighted by molar-refractivity contribution is 0.0183. The van der Waals surface area contributed by atoms with Crippen molar-refractivity contribution in [1.29, 1.82) is 0 Å². The van der Waals surface area contributed by atoms with Crippen molar-refractivity contribution in [2.75, 3.05) is 26.9 Å². The SMILES string of the molecule is COc1ccc(O)c(C(C)NCCOCC(F)F)c1. The van der Waals surface area contributed by atoms with Crippen molar-refractivity contribution in [3.63, 3.8) is 0 Å². The summed E-state index contributed by atoms with van der Waals surface area (Å²) in [4.78, 5) is 0. The summed E-state index contributed by atoms with van der Waals surface area (Å²) in [5, 5.41) is 12.8. The summed E-state index contributed by atoms with van der Waals surface area (Å²) in [6.07, 6.45) is -2.44. The number of phenolic OH excluding ortho intramolecular Hbond substituents is 1. The molecule has 1 aromatic carbocycles. The van der Waals surface area contributed by atoms with Crippen LogP contribution in [0.4, 0.5) is 8.78 Å². The molecule has 0 saturated carbocycles. The van der Waals surface area contributed by atoms with E-state index >= 15 is 0 Å². The molecule has 4 nitrogen and oxygen atoms in total. The molecule has 19 heavy (non-hydrogen) atoms. The van der Waals surface area contributed by atoms with Crippen LogP contribution in [0.5, 0.6) is 11.5 Å². The minimum absolute atomic E-state index is 0.134. The minimum Gasteiger partial charge on any atom is -0.508 e. The van der Waals surface area contributed by atoms with Gasteiger partial charge in [0, 0.05) is 18.2 Å². The van der Waals surface area contributed by atoms with E-state index in [0.717, 1.165) is 0 Å². The number of rotatable bonds is 8. The van der Waals surface area contributed by atoms with Gasteiger partial charge >= 0.3 is 0 Å². The summed E-state index contributed by atoms with van der Waals surface area (Å²) in [6.45, 7) is 1.92. The summed E-state index contributed by atoms with van der Waals surface area (Å²) in [6, 6.07) is 4.81. The number of aromatic hydroxyl groups is 1. The molecule has 0 saturated heterocycles. The molecule has 0 amide bonds. The van der Waals surface area contributed by atoms with Crippen LogP contribution >= 0.6 is 0 Å². The van der Waals surface area contributed by atoms with Gasteiger partial charge in [-0.3, -0.25) is 0 Å². The van der Waals surface area contributed by atoms with Crippen LogP contribution in [0.1, 0.15) is 18.5 Å². The number of hydrogen-bond donors (Lipinski definition) is 2. The fourth-order valence-electron chi connectivity index (χ4n) is 1.64. The minimum atomic E-state index is -2.44. The first-order valence-electron chi connectivity index (χ1n) is 6.00. The zero-order valence-corrected chi connectivity index (χ0v) is 11.0. The lowest BCUT2D eigenvalue weighted by atomic mass is 10.1. The number of hydrogen-bond acceptors (Lipinski definition) is 4. The first-order chi connectivity index (χ1) is 9.04. The van der Waals surface area contributed by atoms with E-state index in [-0.39, 0.29) is 18.4 Å². The van der Waals surface area contributed by atoms with Gasteiger partial charge in [0.15, 0.2) is 0 Å². The third-order valence-corrected chi connectivity index (χ3v) is 2.64. The molecule has 108 valence electrons. The van der Waals surface area contributed by atoms with E-state index in [1.165, 1.54) is 0 Å². The molecule has 1 aromatic rings. The zero-order chi connectivity index (χ0) is 14.3. The molecule has 1 unspecified atom stereocenters. The largest absolute Gasteiger partial charge is 0.508 e. The highest BCUT2D eigenvalue weighted by molar-refractivity contribution is 5.41. The topological polar surface area (TPSA) is 50.7 Å². The number of phenols is 1. The molecule has 0 fully saturated rings. The number of ether oxygens (including phenoxy) is 2. The van der Waals surface area contributed by atoms with Gasteiger partial charge in [-0.15, -0.1) is 0 Å². The van der Waals surface area contributed by atoms with Crippen molar-refractivity contribution in [3.8, 4) is 11.5 Å². The van der Waals surface area contributed by atoms with E-state index in [2.05, 4.69) is 5.32 Å². The number of benzene rings is 1. The van der Waals surface area contributed by atoms with E-state index < -0.39 is 13.0 Å². The first kappa shape index (κ1) is 15.7. The van der Waals surface area contributed by atoms with Gasteiger partial charge in [-0.25, -0.2) is 8.78 Å². The molecular weight excluding hydrogens is 256 g/mol. The molecule has 0 bridgehead atoms. The third-order valence-electron chi connectivity index (χ3n) is 2.64. The predicted octanol–water partition coefficient (Wildman–Crippen LogP) is 2.33. The fourth-order valence-corrected chi connectivity index (χ4v) is 1.64. The van der Waals surface area contributed by atoms with Gasteiger partial charge in [-0.2, -0.15) is 0 Å². The first-order valence-corrected chi connectivity index (χ1v) is 6.00. The number of halogens is 2. The Kier molecular flexibility index (Phi) is 6.52. The van der Waals surface area contributed by atoms with Crippen LogP contribution in [0, 0.1) is 0 Å². The average Bonchev–Trinajstić information content (AvgIpc) is 2.38. The summed E-state index contributed by atoms with van der Waals surface area (Å²) in [5.74, 6) is 0.810. The standard InChI is InChI=1S/C13H19F2NO3/c1-9(16-5-6-19-8-13(14)15)11-7-10(18-2)3-4-12(11)17/h3-4,7,9,13,16-17H,5-6,8H2,1-2H3. The molecule has 6 heteroatoms. The Bertz CT molecular complexity index is 388. The van der Waals surface area contributed by atoms with E-state index in [4.69, 9.17) is 9.47 Å². The Morgan fingerprint density at radius 1 is 1.37 bits per heavy atom. The number of nitrogens with one attached hydrogen (secondary N) is 1. The molecule has 0 radical (unpaired) electrons. The summed E-state index contributed by atoms with van der Waals surface area (Å²) in [5.41, 5.74) is 0.688. The molecule has 2 N–H and O–H groups in total. The van der Waals surface area contributed by atoms with Crippen molar-refractivity contribution in [2.45, 2.75) is 19.4 Å². The van der Waals surface area contributed by atoms with Gasteiger partial charge in [-0.05, 0) is 25.1 Å². The summed E-state index contributed by atoms with van der Waals surface area (Å²) < 4.78 is 33.5. The van der Waals surface area contributed by atoms with E-state index in [9.17, 15) is 13.9 Å². The zero-order valence-electron chi connectivity index (χ0n) is 11.0. The van der Waals surface area contributed by atoms with Gasteiger partial charge in [0.2, 0.25) is 0 Å². The Labute approximate surface area is 111 Å². The maximum Gasteiger partial charge on any atom is 0.261 e. The second-order valence-corrected chi connectivity index (χ2v) is 4.07. The summed E-state index contributed by atoms with van der Waals surface area (Å²) in [7, 11) is 1.55. The lowest BCUT2D eigenvalue weighted by Crippen LogP contribution is -2.24. The highest BCUT2D eigenvalue weighted by Crippen LogP contribution is 2.27. The van der Waals surface area contributed by atoms with Crippen LogP contribution in [0.3, 0.4) is 0 Å². The average molecular weight is 275 g/mol. The van der Waals surface area contributed by atoms with Gasteiger partial charge < -0.3 is 19.9 Å².